The summed E-state index contributed by atoms with van der Waals surface area (Å²) in [5.74, 6) is 1.60. The van der Waals surface area contributed by atoms with Crippen molar-refractivity contribution in [1.29, 1.82) is 0 Å². The van der Waals surface area contributed by atoms with Crippen molar-refractivity contribution in [2.45, 2.75) is 20.4 Å². The SMILES string of the molecule is C=C(C)CN(CC)Cc1nnc(-c2ccco2)o1. The number of furan rings is 1. The first-order valence-corrected chi connectivity index (χ1v) is 5.92. The van der Waals surface area contributed by atoms with Gasteiger partial charge in [-0.2, -0.15) is 0 Å². The lowest BCUT2D eigenvalue weighted by molar-refractivity contribution is 0.271. The van der Waals surface area contributed by atoms with Crippen molar-refractivity contribution in [2.24, 2.45) is 0 Å². The van der Waals surface area contributed by atoms with E-state index in [1.165, 1.54) is 0 Å². The molecule has 5 heteroatoms. The van der Waals surface area contributed by atoms with Gasteiger partial charge in [-0.05, 0) is 25.6 Å². The highest BCUT2D eigenvalue weighted by molar-refractivity contribution is 5.42. The van der Waals surface area contributed by atoms with Gasteiger partial charge in [0.05, 0.1) is 12.8 Å². The maximum atomic E-state index is 5.55. The fourth-order valence-corrected chi connectivity index (χ4v) is 1.67. The molecular weight excluding hydrogens is 230 g/mol. The summed E-state index contributed by atoms with van der Waals surface area (Å²) in [5, 5.41) is 7.98. The highest BCUT2D eigenvalue weighted by atomic mass is 16.4. The van der Waals surface area contributed by atoms with Gasteiger partial charge < -0.3 is 8.83 Å². The first-order chi connectivity index (χ1) is 8.69. The Morgan fingerprint density at radius 1 is 1.44 bits per heavy atom. The molecule has 0 N–H and O–H groups in total. The Labute approximate surface area is 106 Å². The van der Waals surface area contributed by atoms with Crippen LogP contribution in [0.15, 0.2) is 39.4 Å². The van der Waals surface area contributed by atoms with Crippen LogP contribution in [0.1, 0.15) is 19.7 Å². The molecule has 0 fully saturated rings. The van der Waals surface area contributed by atoms with Gasteiger partial charge in [0.1, 0.15) is 0 Å². The maximum Gasteiger partial charge on any atom is 0.283 e. The molecule has 0 aliphatic carbocycles. The molecule has 2 rings (SSSR count). The largest absolute Gasteiger partial charge is 0.459 e. The first kappa shape index (κ1) is 12.6. The van der Waals surface area contributed by atoms with Crippen molar-refractivity contribution in [3.8, 4) is 11.7 Å². The molecule has 0 aliphatic rings. The smallest absolute Gasteiger partial charge is 0.283 e. The van der Waals surface area contributed by atoms with Crippen LogP contribution in [0.5, 0.6) is 0 Å². The number of nitrogens with zero attached hydrogens (tertiary/aromatic N) is 3. The zero-order chi connectivity index (χ0) is 13.0. The highest BCUT2D eigenvalue weighted by Gasteiger charge is 2.13. The molecule has 0 amide bonds. The van der Waals surface area contributed by atoms with Crippen molar-refractivity contribution in [3.63, 3.8) is 0 Å². The summed E-state index contributed by atoms with van der Waals surface area (Å²) >= 11 is 0. The molecule has 0 aromatic carbocycles. The van der Waals surface area contributed by atoms with Gasteiger partial charge in [-0.1, -0.05) is 19.1 Å². The summed E-state index contributed by atoms with van der Waals surface area (Å²) in [6.07, 6.45) is 1.58. The van der Waals surface area contributed by atoms with Gasteiger partial charge >= 0.3 is 0 Å². The van der Waals surface area contributed by atoms with Crippen molar-refractivity contribution in [1.82, 2.24) is 15.1 Å². The average molecular weight is 247 g/mol. The monoisotopic (exact) mass is 247 g/mol. The Hall–Kier alpha value is -1.88. The van der Waals surface area contributed by atoms with Gasteiger partial charge in [-0.25, -0.2) is 0 Å². The van der Waals surface area contributed by atoms with E-state index in [4.69, 9.17) is 8.83 Å². The Bertz CT molecular complexity index is 502. The third kappa shape index (κ3) is 3.07. The molecule has 0 atom stereocenters. The van der Waals surface area contributed by atoms with E-state index in [1.54, 1.807) is 18.4 Å². The Morgan fingerprint density at radius 2 is 2.28 bits per heavy atom. The van der Waals surface area contributed by atoms with E-state index in [0.29, 0.717) is 24.1 Å². The molecule has 2 aromatic rings. The molecule has 0 saturated heterocycles. The second kappa shape index (κ2) is 5.64. The first-order valence-electron chi connectivity index (χ1n) is 5.92. The summed E-state index contributed by atoms with van der Waals surface area (Å²) in [5.41, 5.74) is 1.11. The predicted octanol–water partition coefficient (Wildman–Crippen LogP) is 2.73. The topological polar surface area (TPSA) is 55.3 Å². The second-order valence-electron chi connectivity index (χ2n) is 4.24. The summed E-state index contributed by atoms with van der Waals surface area (Å²) in [6, 6.07) is 3.58. The fourth-order valence-electron chi connectivity index (χ4n) is 1.67. The summed E-state index contributed by atoms with van der Waals surface area (Å²) < 4.78 is 10.8. The zero-order valence-electron chi connectivity index (χ0n) is 10.7. The number of aromatic nitrogens is 2. The van der Waals surface area contributed by atoms with Gasteiger partial charge in [0.2, 0.25) is 5.89 Å². The standard InChI is InChI=1S/C13H17N3O2/c1-4-16(8-10(2)3)9-12-14-15-13(18-12)11-6-5-7-17-11/h5-7H,2,4,8-9H2,1,3H3. The minimum atomic E-state index is 0.418. The molecule has 0 radical (unpaired) electrons. The third-order valence-corrected chi connectivity index (χ3v) is 2.50. The summed E-state index contributed by atoms with van der Waals surface area (Å²) in [6.45, 7) is 10.4. The quantitative estimate of drug-likeness (QED) is 0.734. The van der Waals surface area contributed by atoms with Gasteiger partial charge in [0, 0.05) is 6.54 Å². The van der Waals surface area contributed by atoms with Crippen molar-refractivity contribution < 1.29 is 8.83 Å². The van der Waals surface area contributed by atoms with Gasteiger partial charge in [-0.15, -0.1) is 10.2 Å². The van der Waals surface area contributed by atoms with Crippen LogP contribution < -0.4 is 0 Å². The second-order valence-corrected chi connectivity index (χ2v) is 4.24. The van der Waals surface area contributed by atoms with Crippen LogP contribution in [0.2, 0.25) is 0 Å². The Morgan fingerprint density at radius 3 is 2.89 bits per heavy atom. The highest BCUT2D eigenvalue weighted by Crippen LogP contribution is 2.18. The number of rotatable bonds is 6. The Balaban J connectivity index is 2.04. The van der Waals surface area contributed by atoms with Crippen LogP contribution >= 0.6 is 0 Å². The molecule has 2 heterocycles. The van der Waals surface area contributed by atoms with E-state index in [9.17, 15) is 0 Å². The van der Waals surface area contributed by atoms with E-state index in [0.717, 1.165) is 18.7 Å². The minimum absolute atomic E-state index is 0.418. The predicted molar refractivity (Wildman–Crippen MR) is 67.8 cm³/mol. The van der Waals surface area contributed by atoms with Crippen molar-refractivity contribution >= 4 is 0 Å². The zero-order valence-corrected chi connectivity index (χ0v) is 10.7. The molecule has 2 aromatic heterocycles. The molecule has 0 saturated carbocycles. The van der Waals surface area contributed by atoms with Crippen LogP contribution in [-0.2, 0) is 6.54 Å². The number of hydrogen-bond donors (Lipinski definition) is 0. The van der Waals surface area contributed by atoms with Gasteiger partial charge in [0.15, 0.2) is 5.76 Å². The van der Waals surface area contributed by atoms with E-state index in [1.807, 2.05) is 6.92 Å². The number of hydrogen-bond acceptors (Lipinski definition) is 5. The average Bonchev–Trinajstić information content (AvgIpc) is 2.97. The summed E-state index contributed by atoms with van der Waals surface area (Å²) in [4.78, 5) is 2.18. The Kier molecular flexibility index (Phi) is 3.94. The minimum Gasteiger partial charge on any atom is -0.459 e. The van der Waals surface area contributed by atoms with E-state index < -0.39 is 0 Å². The van der Waals surface area contributed by atoms with E-state index >= 15 is 0 Å². The van der Waals surface area contributed by atoms with Crippen LogP contribution in [0.3, 0.4) is 0 Å². The van der Waals surface area contributed by atoms with E-state index in [2.05, 4.69) is 28.6 Å². The van der Waals surface area contributed by atoms with Crippen LogP contribution in [0, 0.1) is 0 Å². The maximum absolute atomic E-state index is 5.55. The normalized spacial score (nSPS) is 11.1. The van der Waals surface area contributed by atoms with Crippen LogP contribution in [0.4, 0.5) is 0 Å². The van der Waals surface area contributed by atoms with E-state index in [-0.39, 0.29) is 0 Å². The van der Waals surface area contributed by atoms with Gasteiger partial charge in [0.25, 0.3) is 5.89 Å². The molecule has 0 unspecified atom stereocenters. The van der Waals surface area contributed by atoms with Crippen LogP contribution in [0.25, 0.3) is 11.7 Å². The molecule has 0 spiro atoms. The van der Waals surface area contributed by atoms with Gasteiger partial charge in [-0.3, -0.25) is 4.90 Å². The molecule has 0 aliphatic heterocycles. The van der Waals surface area contributed by atoms with Crippen LogP contribution in [-0.4, -0.2) is 28.2 Å². The molecule has 5 nitrogen and oxygen atoms in total. The fraction of sp³-hybridized carbons (Fsp3) is 0.385. The molecule has 18 heavy (non-hydrogen) atoms. The molecular formula is C13H17N3O2. The lowest BCUT2D eigenvalue weighted by Gasteiger charge is -2.17. The molecule has 0 bridgehead atoms. The lowest BCUT2D eigenvalue weighted by atomic mass is 10.3. The van der Waals surface area contributed by atoms with Crippen molar-refractivity contribution in [3.05, 3.63) is 36.4 Å². The van der Waals surface area contributed by atoms with Crippen molar-refractivity contribution in [2.75, 3.05) is 13.1 Å². The number of likely N-dealkylation sites (N-methyl/N-ethyl adjacent to an activating group) is 1. The third-order valence-electron chi connectivity index (χ3n) is 2.50. The lowest BCUT2D eigenvalue weighted by Crippen LogP contribution is -2.24. The molecule has 96 valence electrons. The summed E-state index contributed by atoms with van der Waals surface area (Å²) in [7, 11) is 0.